The van der Waals surface area contributed by atoms with Crippen molar-refractivity contribution < 1.29 is 0 Å². The number of fused-ring (bicyclic) bond motifs is 3. The maximum absolute atomic E-state index is 2.78. The Bertz CT molecular complexity index is 3070. The third-order valence-corrected chi connectivity index (χ3v) is 22.2. The average Bonchev–Trinajstić information content (AvgIpc) is 4.02. The first kappa shape index (κ1) is 52.4. The second kappa shape index (κ2) is 23.7. The van der Waals surface area contributed by atoms with E-state index in [1.165, 1.54) is 265 Å². The van der Waals surface area contributed by atoms with E-state index in [0.29, 0.717) is 29.6 Å². The monoisotopic (exact) mass is 1050 g/mol. The highest BCUT2D eigenvalue weighted by Crippen LogP contribution is 2.58. The molecule has 7 aromatic carbocycles. The minimum atomic E-state index is -0.479. The van der Waals surface area contributed by atoms with Gasteiger partial charge in [-0.3, -0.25) is 0 Å². The molecule has 1 heteroatoms. The molecule has 0 N–H and O–H groups in total. The summed E-state index contributed by atoms with van der Waals surface area (Å²) in [5.74, 6) is 4.04. The van der Waals surface area contributed by atoms with Crippen LogP contribution in [-0.4, -0.2) is 0 Å². The molecule has 1 nitrogen and oxygen atoms in total. The summed E-state index contributed by atoms with van der Waals surface area (Å²) in [7, 11) is 0. The Hall–Kier alpha value is -5.66. The molecule has 80 heavy (non-hydrogen) atoms. The third kappa shape index (κ3) is 10.2. The van der Waals surface area contributed by atoms with Crippen molar-refractivity contribution in [3.05, 3.63) is 207 Å². The molecule has 0 bridgehead atoms. The van der Waals surface area contributed by atoms with Gasteiger partial charge in [-0.2, -0.15) is 0 Å². The number of anilines is 3. The van der Waals surface area contributed by atoms with Gasteiger partial charge in [0.1, 0.15) is 0 Å². The van der Waals surface area contributed by atoms with E-state index in [4.69, 9.17) is 0 Å². The van der Waals surface area contributed by atoms with Gasteiger partial charge >= 0.3 is 0 Å². The van der Waals surface area contributed by atoms with Crippen LogP contribution in [0.5, 0.6) is 0 Å². The Morgan fingerprint density at radius 2 is 0.625 bits per heavy atom. The molecule has 0 atom stereocenters. The molecule has 6 fully saturated rings. The van der Waals surface area contributed by atoms with Crippen LogP contribution in [0.25, 0.3) is 22.3 Å². The van der Waals surface area contributed by atoms with Crippen molar-refractivity contribution in [3.63, 3.8) is 0 Å². The summed E-state index contributed by atoms with van der Waals surface area (Å²) in [5, 5.41) is 0. The van der Waals surface area contributed by atoms with Crippen molar-refractivity contribution in [2.45, 2.75) is 234 Å². The Morgan fingerprint density at radius 1 is 0.275 bits per heavy atom. The van der Waals surface area contributed by atoms with Crippen molar-refractivity contribution in [2.75, 3.05) is 4.90 Å². The molecule has 0 amide bonds. The van der Waals surface area contributed by atoms with Crippen LogP contribution in [0.3, 0.4) is 0 Å². The zero-order valence-corrected chi connectivity index (χ0v) is 48.6. The van der Waals surface area contributed by atoms with Gasteiger partial charge in [0.05, 0.1) is 5.41 Å². The largest absolute Gasteiger partial charge is 0.310 e. The Balaban J connectivity index is 0.925. The quantitative estimate of drug-likeness (QED) is 0.118. The predicted molar refractivity (Wildman–Crippen MR) is 339 cm³/mol. The maximum Gasteiger partial charge on any atom is 0.0714 e. The fourth-order valence-corrected chi connectivity index (χ4v) is 17.8. The highest BCUT2D eigenvalue weighted by Gasteiger charge is 2.47. The van der Waals surface area contributed by atoms with E-state index in [0.717, 1.165) is 5.92 Å². The lowest BCUT2D eigenvalue weighted by molar-refractivity contribution is 0.428. The first-order valence-corrected chi connectivity index (χ1v) is 33.3. The fraction of sp³-hybridized carbons (Fsp3) is 0.468. The highest BCUT2D eigenvalue weighted by molar-refractivity contribution is 5.90. The van der Waals surface area contributed by atoms with Crippen LogP contribution in [0.15, 0.2) is 152 Å². The standard InChI is InChI=1S/C79H91N/c1-7-21-56(22-8-1)60-35-43-67(44-36-60)79(68-45-37-61(38-46-68)57-23-9-2-10-24-57)76-34-20-19-33-72(76)73-52-51-71(55-77(73)79)80(69-47-39-62(40-48-69)58-25-11-3-12-26-58)70-49-41-65(42-50-70)78-74(63-29-15-5-16-30-63)53-66(59-27-13-4-14-28-59)54-75(78)64-31-17-6-18-32-64/h19-20,33-59,63-64H,1-18,21-32H2. The van der Waals surface area contributed by atoms with Gasteiger partial charge in [0.15, 0.2) is 0 Å². The zero-order chi connectivity index (χ0) is 53.2. The molecule has 7 aliphatic rings. The predicted octanol–water partition coefficient (Wildman–Crippen LogP) is 23.5. The third-order valence-electron chi connectivity index (χ3n) is 22.2. The molecule has 0 aromatic heterocycles. The van der Waals surface area contributed by atoms with Gasteiger partial charge in [-0.25, -0.2) is 0 Å². The van der Waals surface area contributed by atoms with Crippen LogP contribution in [0.2, 0.25) is 0 Å². The molecular formula is C79H91N. The Labute approximate surface area is 482 Å². The van der Waals surface area contributed by atoms with E-state index in [-0.39, 0.29) is 0 Å². The van der Waals surface area contributed by atoms with Crippen LogP contribution in [0.1, 0.15) is 284 Å². The van der Waals surface area contributed by atoms with Gasteiger partial charge in [-0.15, -0.1) is 0 Å². The SMILES string of the molecule is c1ccc2c(c1)-c1ccc(N(c3ccc(-c4c(C5CCCCC5)cc(C5CCCCC5)cc4C4CCCCC4)cc3)c3ccc(C4CCCCC4)cc3)cc1C2(c1ccc(C2CCCCC2)cc1)c1ccc(C2CCCCC2)cc1. The number of hydrogen-bond donors (Lipinski definition) is 0. The maximum atomic E-state index is 2.78. The molecule has 0 unspecified atom stereocenters. The topological polar surface area (TPSA) is 3.24 Å². The average molecular weight is 1050 g/mol. The van der Waals surface area contributed by atoms with Crippen molar-refractivity contribution in [1.82, 2.24) is 0 Å². The van der Waals surface area contributed by atoms with Gasteiger partial charge in [0, 0.05) is 17.1 Å². The van der Waals surface area contributed by atoms with E-state index < -0.39 is 5.41 Å². The fourth-order valence-electron chi connectivity index (χ4n) is 17.8. The lowest BCUT2D eigenvalue weighted by Crippen LogP contribution is -2.29. The number of rotatable bonds is 12. The normalized spacial score (nSPS) is 20.8. The smallest absolute Gasteiger partial charge is 0.0714 e. The molecular weight excluding hydrogens is 963 g/mol. The molecule has 0 aliphatic heterocycles. The minimum Gasteiger partial charge on any atom is -0.310 e. The van der Waals surface area contributed by atoms with E-state index in [9.17, 15) is 0 Å². The van der Waals surface area contributed by atoms with Gasteiger partial charge in [0.25, 0.3) is 0 Å². The van der Waals surface area contributed by atoms with Gasteiger partial charge < -0.3 is 4.90 Å². The van der Waals surface area contributed by atoms with Gasteiger partial charge in [-0.1, -0.05) is 231 Å². The second-order valence-corrected chi connectivity index (χ2v) is 26.8. The molecule has 0 heterocycles. The van der Waals surface area contributed by atoms with Crippen LogP contribution in [0.4, 0.5) is 17.1 Å². The first-order valence-electron chi connectivity index (χ1n) is 33.3. The van der Waals surface area contributed by atoms with Crippen molar-refractivity contribution >= 4 is 17.1 Å². The summed E-state index contributed by atoms with van der Waals surface area (Å²) in [5.41, 5.74) is 24.3. The highest BCUT2D eigenvalue weighted by atomic mass is 15.1. The van der Waals surface area contributed by atoms with Crippen LogP contribution in [0, 0.1) is 0 Å². The molecule has 0 radical (unpaired) electrons. The van der Waals surface area contributed by atoms with E-state index in [2.05, 4.69) is 157 Å². The zero-order valence-electron chi connectivity index (χ0n) is 48.6. The minimum absolute atomic E-state index is 0.479. The van der Waals surface area contributed by atoms with Crippen LogP contribution in [-0.2, 0) is 5.41 Å². The van der Waals surface area contributed by atoms with Crippen molar-refractivity contribution in [3.8, 4) is 22.3 Å². The molecule has 7 aromatic rings. The van der Waals surface area contributed by atoms with Crippen molar-refractivity contribution in [1.29, 1.82) is 0 Å². The summed E-state index contributed by atoms with van der Waals surface area (Å²) in [6.07, 6.45) is 40.7. The molecule has 7 aliphatic carbocycles. The number of hydrogen-bond acceptors (Lipinski definition) is 1. The summed E-state index contributed by atoms with van der Waals surface area (Å²) >= 11 is 0. The van der Waals surface area contributed by atoms with E-state index in [1.54, 1.807) is 22.3 Å². The van der Waals surface area contributed by atoms with E-state index in [1.807, 2.05) is 0 Å². The van der Waals surface area contributed by atoms with Gasteiger partial charge in [0.2, 0.25) is 0 Å². The number of nitrogens with zero attached hydrogens (tertiary/aromatic N) is 1. The lowest BCUT2D eigenvalue weighted by Gasteiger charge is -2.36. The van der Waals surface area contributed by atoms with E-state index >= 15 is 0 Å². The Kier molecular flexibility index (Phi) is 15.5. The summed E-state index contributed by atoms with van der Waals surface area (Å²) < 4.78 is 0. The summed E-state index contributed by atoms with van der Waals surface area (Å²) in [6.45, 7) is 0. The first-order chi connectivity index (χ1) is 39.7. The van der Waals surface area contributed by atoms with Crippen LogP contribution >= 0.6 is 0 Å². The molecule has 14 rings (SSSR count). The molecule has 6 saturated carbocycles. The second-order valence-electron chi connectivity index (χ2n) is 26.8. The van der Waals surface area contributed by atoms with Crippen LogP contribution < -0.4 is 4.90 Å². The lowest BCUT2D eigenvalue weighted by atomic mass is 9.67. The number of benzene rings is 7. The summed E-state index contributed by atoms with van der Waals surface area (Å²) in [6, 6.07) is 62.9. The molecule has 0 spiro atoms. The molecule has 412 valence electrons. The summed E-state index contributed by atoms with van der Waals surface area (Å²) in [4.78, 5) is 2.62. The van der Waals surface area contributed by atoms with Gasteiger partial charge in [-0.05, 0) is 227 Å². The Morgan fingerprint density at radius 3 is 1.06 bits per heavy atom. The molecule has 0 saturated heterocycles. The van der Waals surface area contributed by atoms with Crippen molar-refractivity contribution in [2.24, 2.45) is 0 Å².